The molecule has 0 spiro atoms. The third-order valence-corrected chi connectivity index (χ3v) is 4.53. The molecule has 0 aromatic carbocycles. The minimum atomic E-state index is -0.733. The molecule has 0 aromatic rings. The summed E-state index contributed by atoms with van der Waals surface area (Å²) in [5, 5.41) is 14.9. The molecule has 0 radical (unpaired) electrons. The lowest BCUT2D eigenvalue weighted by molar-refractivity contribution is -0.142. The average Bonchev–Trinajstić information content (AvgIpc) is 3.06. The smallest absolute Gasteiger partial charge is 0.315 e. The van der Waals surface area contributed by atoms with E-state index in [1.165, 1.54) is 12.8 Å². The molecular formula is C14H24N2O3. The van der Waals surface area contributed by atoms with Gasteiger partial charge in [0.15, 0.2) is 0 Å². The fraction of sp³-hybridized carbons (Fsp3) is 0.857. The summed E-state index contributed by atoms with van der Waals surface area (Å²) in [5.41, 5.74) is -0.161. The summed E-state index contributed by atoms with van der Waals surface area (Å²) in [6.45, 7) is 4.54. The fourth-order valence-corrected chi connectivity index (χ4v) is 3.07. The van der Waals surface area contributed by atoms with E-state index in [0.717, 1.165) is 19.3 Å². The van der Waals surface area contributed by atoms with Gasteiger partial charge in [0.05, 0.1) is 5.92 Å². The van der Waals surface area contributed by atoms with Gasteiger partial charge in [-0.1, -0.05) is 6.42 Å². The number of carboxylic acids is 1. The van der Waals surface area contributed by atoms with E-state index < -0.39 is 5.97 Å². The molecule has 2 rings (SSSR count). The van der Waals surface area contributed by atoms with E-state index in [4.69, 9.17) is 5.11 Å². The maximum absolute atomic E-state index is 11.9. The maximum Gasteiger partial charge on any atom is 0.315 e. The van der Waals surface area contributed by atoms with Gasteiger partial charge in [0.25, 0.3) is 0 Å². The van der Waals surface area contributed by atoms with E-state index in [2.05, 4.69) is 10.6 Å². The van der Waals surface area contributed by atoms with Gasteiger partial charge in [-0.3, -0.25) is 4.79 Å². The number of aliphatic carboxylic acids is 1. The van der Waals surface area contributed by atoms with Crippen molar-refractivity contribution in [3.05, 3.63) is 0 Å². The van der Waals surface area contributed by atoms with Gasteiger partial charge in [-0.25, -0.2) is 4.79 Å². The van der Waals surface area contributed by atoms with Gasteiger partial charge in [-0.2, -0.15) is 0 Å². The van der Waals surface area contributed by atoms with Crippen molar-refractivity contribution in [3.8, 4) is 0 Å². The first-order valence-electron chi connectivity index (χ1n) is 7.19. The number of amides is 2. The van der Waals surface area contributed by atoms with Crippen molar-refractivity contribution in [3.63, 3.8) is 0 Å². The van der Waals surface area contributed by atoms with Gasteiger partial charge in [-0.05, 0) is 51.4 Å². The van der Waals surface area contributed by atoms with Gasteiger partial charge in [0.1, 0.15) is 0 Å². The Kier molecular flexibility index (Phi) is 4.02. The third kappa shape index (κ3) is 3.61. The molecule has 108 valence electrons. The standard InChI is InChI=1S/C14H24N2O3/c1-14(2,10-6-7-10)16-13(19)15-8-9-4-3-5-11(9)12(17)18/h9-11H,3-8H2,1-2H3,(H,17,18)(H2,15,16,19). The van der Waals surface area contributed by atoms with Gasteiger partial charge < -0.3 is 15.7 Å². The van der Waals surface area contributed by atoms with Crippen LogP contribution in [0.2, 0.25) is 0 Å². The monoisotopic (exact) mass is 268 g/mol. The molecule has 0 bridgehead atoms. The van der Waals surface area contributed by atoms with Crippen molar-refractivity contribution < 1.29 is 14.7 Å². The Morgan fingerprint density at radius 2 is 1.89 bits per heavy atom. The largest absolute Gasteiger partial charge is 0.481 e. The first-order chi connectivity index (χ1) is 8.90. The zero-order valence-corrected chi connectivity index (χ0v) is 11.7. The van der Waals surface area contributed by atoms with Crippen LogP contribution in [-0.4, -0.2) is 29.2 Å². The Morgan fingerprint density at radius 3 is 2.47 bits per heavy atom. The highest BCUT2D eigenvalue weighted by atomic mass is 16.4. The number of urea groups is 1. The van der Waals surface area contributed by atoms with Crippen molar-refractivity contribution in [1.82, 2.24) is 10.6 Å². The summed E-state index contributed by atoms with van der Waals surface area (Å²) < 4.78 is 0. The van der Waals surface area contributed by atoms with Crippen LogP contribution in [0.1, 0.15) is 46.0 Å². The Hall–Kier alpha value is -1.26. The highest BCUT2D eigenvalue weighted by Gasteiger charge is 2.39. The van der Waals surface area contributed by atoms with Crippen molar-refractivity contribution in [1.29, 1.82) is 0 Å². The fourth-order valence-electron chi connectivity index (χ4n) is 3.07. The molecule has 0 heterocycles. The molecule has 2 atom stereocenters. The third-order valence-electron chi connectivity index (χ3n) is 4.53. The molecule has 19 heavy (non-hydrogen) atoms. The van der Waals surface area contributed by atoms with Crippen LogP contribution in [0, 0.1) is 17.8 Å². The van der Waals surface area contributed by atoms with Gasteiger partial charge in [-0.15, -0.1) is 0 Å². The summed E-state index contributed by atoms with van der Waals surface area (Å²) in [7, 11) is 0. The normalized spacial score (nSPS) is 27.1. The topological polar surface area (TPSA) is 78.4 Å². The molecule has 5 heteroatoms. The summed E-state index contributed by atoms with van der Waals surface area (Å²) >= 11 is 0. The van der Waals surface area contributed by atoms with Crippen LogP contribution in [0.25, 0.3) is 0 Å². The van der Waals surface area contributed by atoms with Gasteiger partial charge in [0.2, 0.25) is 0 Å². The highest BCUT2D eigenvalue weighted by molar-refractivity contribution is 5.75. The van der Waals surface area contributed by atoms with Crippen LogP contribution in [0.5, 0.6) is 0 Å². The Balaban J connectivity index is 1.75. The Labute approximate surface area is 114 Å². The summed E-state index contributed by atoms with van der Waals surface area (Å²) in [6, 6.07) is -0.173. The average molecular weight is 268 g/mol. The number of carboxylic acid groups (broad SMARTS) is 1. The molecule has 2 fully saturated rings. The van der Waals surface area contributed by atoms with E-state index in [0.29, 0.717) is 12.5 Å². The molecule has 0 saturated heterocycles. The quantitative estimate of drug-likeness (QED) is 0.713. The summed E-state index contributed by atoms with van der Waals surface area (Å²) in [4.78, 5) is 22.9. The molecule has 3 N–H and O–H groups in total. The second kappa shape index (κ2) is 5.39. The van der Waals surface area contributed by atoms with E-state index >= 15 is 0 Å². The molecule has 5 nitrogen and oxygen atoms in total. The number of nitrogens with one attached hydrogen (secondary N) is 2. The highest BCUT2D eigenvalue weighted by Crippen LogP contribution is 2.39. The van der Waals surface area contributed by atoms with E-state index in [1.54, 1.807) is 0 Å². The second-order valence-corrected chi connectivity index (χ2v) is 6.47. The molecule has 0 aromatic heterocycles. The molecule has 2 saturated carbocycles. The van der Waals surface area contributed by atoms with Gasteiger partial charge >= 0.3 is 12.0 Å². The lowest BCUT2D eigenvalue weighted by atomic mass is 9.96. The van der Waals surface area contributed by atoms with Crippen molar-refractivity contribution >= 4 is 12.0 Å². The predicted molar refractivity (Wildman–Crippen MR) is 71.8 cm³/mol. The van der Waals surface area contributed by atoms with Crippen molar-refractivity contribution in [2.24, 2.45) is 17.8 Å². The number of rotatable bonds is 5. The molecule has 2 aliphatic rings. The molecule has 0 aliphatic heterocycles. The summed E-state index contributed by atoms with van der Waals surface area (Å²) in [6.07, 6.45) is 4.92. The molecule has 2 aliphatic carbocycles. The minimum absolute atomic E-state index is 0.0762. The zero-order valence-electron chi connectivity index (χ0n) is 11.7. The van der Waals surface area contributed by atoms with Crippen LogP contribution >= 0.6 is 0 Å². The van der Waals surface area contributed by atoms with Crippen molar-refractivity contribution in [2.45, 2.75) is 51.5 Å². The van der Waals surface area contributed by atoms with Crippen LogP contribution in [-0.2, 0) is 4.79 Å². The first kappa shape index (κ1) is 14.2. The number of carbonyl (C=O) groups is 2. The molecule has 2 amide bonds. The molecule has 2 unspecified atom stereocenters. The number of hydrogen-bond acceptors (Lipinski definition) is 2. The second-order valence-electron chi connectivity index (χ2n) is 6.47. The minimum Gasteiger partial charge on any atom is -0.481 e. The number of carbonyl (C=O) groups excluding carboxylic acids is 1. The zero-order chi connectivity index (χ0) is 14.0. The van der Waals surface area contributed by atoms with Crippen LogP contribution in [0.15, 0.2) is 0 Å². The SMILES string of the molecule is CC(C)(NC(=O)NCC1CCCC1C(=O)O)C1CC1. The first-order valence-corrected chi connectivity index (χ1v) is 7.19. The number of hydrogen-bond donors (Lipinski definition) is 3. The van der Waals surface area contributed by atoms with Gasteiger partial charge in [0, 0.05) is 12.1 Å². The Morgan fingerprint density at radius 1 is 1.21 bits per heavy atom. The predicted octanol–water partition coefficient (Wildman–Crippen LogP) is 1.98. The van der Waals surface area contributed by atoms with E-state index in [1.807, 2.05) is 13.8 Å². The maximum atomic E-state index is 11.9. The van der Waals surface area contributed by atoms with E-state index in [-0.39, 0.29) is 23.4 Å². The lowest BCUT2D eigenvalue weighted by Gasteiger charge is -2.27. The lowest BCUT2D eigenvalue weighted by Crippen LogP contribution is -2.50. The summed E-state index contributed by atoms with van der Waals surface area (Å²) in [5.74, 6) is -0.372. The molecular weight excluding hydrogens is 244 g/mol. The van der Waals surface area contributed by atoms with Crippen LogP contribution in [0.4, 0.5) is 4.79 Å². The van der Waals surface area contributed by atoms with Crippen LogP contribution < -0.4 is 10.6 Å². The van der Waals surface area contributed by atoms with E-state index in [9.17, 15) is 9.59 Å². The van der Waals surface area contributed by atoms with Crippen molar-refractivity contribution in [2.75, 3.05) is 6.54 Å². The Bertz CT molecular complexity index is 364. The van der Waals surface area contributed by atoms with Crippen LogP contribution in [0.3, 0.4) is 0 Å².